The number of carbonyl (C=O) groups is 1. The molecule has 0 aliphatic heterocycles. The zero-order chi connectivity index (χ0) is 15.8. The monoisotopic (exact) mass is 294 g/mol. The zero-order valence-corrected chi connectivity index (χ0v) is 13.5. The first-order valence-corrected chi connectivity index (χ1v) is 7.79. The van der Waals surface area contributed by atoms with Crippen molar-refractivity contribution >= 4 is 11.6 Å². The van der Waals surface area contributed by atoms with E-state index in [9.17, 15) is 9.18 Å². The number of amides is 1. The lowest BCUT2D eigenvalue weighted by atomic mass is 10.0. The summed E-state index contributed by atoms with van der Waals surface area (Å²) in [5.41, 5.74) is 0.674. The molecule has 0 heterocycles. The van der Waals surface area contributed by atoms with E-state index in [1.165, 1.54) is 6.07 Å². The number of para-hydroxylation sites is 1. The van der Waals surface area contributed by atoms with Crippen molar-refractivity contribution in [2.75, 3.05) is 11.9 Å². The fourth-order valence-corrected chi connectivity index (χ4v) is 2.10. The third kappa shape index (κ3) is 5.74. The maximum Gasteiger partial charge on any atom is 0.253 e. The second kappa shape index (κ2) is 8.65. The molecule has 0 saturated carbocycles. The zero-order valence-electron chi connectivity index (χ0n) is 13.5. The molecule has 0 saturated heterocycles. The van der Waals surface area contributed by atoms with Crippen LogP contribution in [0.4, 0.5) is 10.1 Å². The van der Waals surface area contributed by atoms with Gasteiger partial charge < -0.3 is 10.6 Å². The summed E-state index contributed by atoms with van der Waals surface area (Å²) in [7, 11) is 0. The Morgan fingerprint density at radius 1 is 1.24 bits per heavy atom. The molecule has 0 radical (unpaired) electrons. The van der Waals surface area contributed by atoms with Crippen molar-refractivity contribution in [2.24, 2.45) is 5.92 Å². The van der Waals surface area contributed by atoms with Crippen molar-refractivity contribution in [3.8, 4) is 0 Å². The van der Waals surface area contributed by atoms with E-state index in [1.54, 1.807) is 12.1 Å². The van der Waals surface area contributed by atoms with Gasteiger partial charge in [-0.1, -0.05) is 26.8 Å². The number of hydrogen-bond donors (Lipinski definition) is 2. The van der Waals surface area contributed by atoms with Gasteiger partial charge in [0.1, 0.15) is 5.82 Å². The van der Waals surface area contributed by atoms with Crippen LogP contribution in [0.1, 0.15) is 57.3 Å². The van der Waals surface area contributed by atoms with Gasteiger partial charge in [-0.2, -0.15) is 0 Å². The fourth-order valence-electron chi connectivity index (χ4n) is 2.10. The topological polar surface area (TPSA) is 41.1 Å². The van der Waals surface area contributed by atoms with Gasteiger partial charge in [0.05, 0.1) is 11.3 Å². The predicted octanol–water partition coefficient (Wildman–Crippen LogP) is 4.20. The van der Waals surface area contributed by atoms with Crippen LogP contribution in [0.15, 0.2) is 18.2 Å². The first kappa shape index (κ1) is 17.5. The van der Waals surface area contributed by atoms with Crippen molar-refractivity contribution in [2.45, 2.75) is 53.0 Å². The lowest BCUT2D eigenvalue weighted by Gasteiger charge is -2.17. The van der Waals surface area contributed by atoms with Crippen LogP contribution < -0.4 is 10.6 Å². The standard InChI is InChI=1S/C17H27FN2O/c1-5-11-19-16-14(7-6-8-15(16)18)17(21)20-13(4)10-9-12(2)3/h6-8,12-13,19H,5,9-11H2,1-4H3,(H,20,21). The molecule has 0 spiro atoms. The predicted molar refractivity (Wildman–Crippen MR) is 86.2 cm³/mol. The molecule has 0 fully saturated rings. The average Bonchev–Trinajstić information content (AvgIpc) is 2.43. The van der Waals surface area contributed by atoms with Crippen molar-refractivity contribution in [1.29, 1.82) is 0 Å². The van der Waals surface area contributed by atoms with Crippen molar-refractivity contribution < 1.29 is 9.18 Å². The minimum absolute atomic E-state index is 0.0854. The van der Waals surface area contributed by atoms with Gasteiger partial charge in [0.25, 0.3) is 5.91 Å². The lowest BCUT2D eigenvalue weighted by molar-refractivity contribution is 0.0937. The van der Waals surface area contributed by atoms with Gasteiger partial charge in [0.15, 0.2) is 0 Å². The van der Waals surface area contributed by atoms with Gasteiger partial charge in [-0.05, 0) is 44.2 Å². The number of nitrogens with one attached hydrogen (secondary N) is 2. The molecule has 0 aliphatic carbocycles. The Morgan fingerprint density at radius 3 is 2.57 bits per heavy atom. The quantitative estimate of drug-likeness (QED) is 0.754. The normalized spacial score (nSPS) is 12.3. The van der Waals surface area contributed by atoms with Crippen LogP contribution in [-0.2, 0) is 0 Å². The van der Waals surface area contributed by atoms with E-state index in [1.807, 2.05) is 13.8 Å². The molecule has 0 aliphatic rings. The number of rotatable bonds is 8. The van der Waals surface area contributed by atoms with Crippen molar-refractivity contribution in [3.63, 3.8) is 0 Å². The largest absolute Gasteiger partial charge is 0.382 e. The second-order valence-corrected chi connectivity index (χ2v) is 5.93. The van der Waals surface area contributed by atoms with Crippen molar-refractivity contribution in [3.05, 3.63) is 29.6 Å². The molecule has 21 heavy (non-hydrogen) atoms. The summed E-state index contributed by atoms with van der Waals surface area (Å²) in [6.07, 6.45) is 2.86. The first-order valence-electron chi connectivity index (χ1n) is 7.79. The Balaban J connectivity index is 2.75. The summed E-state index contributed by atoms with van der Waals surface area (Å²) < 4.78 is 13.9. The highest BCUT2D eigenvalue weighted by Crippen LogP contribution is 2.20. The molecule has 1 amide bonds. The molecule has 3 nitrogen and oxygen atoms in total. The molecular formula is C17H27FN2O. The molecule has 2 N–H and O–H groups in total. The Labute approximate surface area is 127 Å². The summed E-state index contributed by atoms with van der Waals surface area (Å²) in [6, 6.07) is 4.69. The number of halogens is 1. The maximum absolute atomic E-state index is 13.9. The molecule has 1 rings (SSSR count). The number of carbonyl (C=O) groups excluding carboxylic acids is 1. The highest BCUT2D eigenvalue weighted by molar-refractivity contribution is 5.99. The molecule has 1 unspecified atom stereocenters. The summed E-state index contributed by atoms with van der Waals surface area (Å²) >= 11 is 0. The van der Waals surface area contributed by atoms with Gasteiger partial charge in [-0.15, -0.1) is 0 Å². The Bertz CT molecular complexity index is 460. The van der Waals surface area contributed by atoms with Crippen LogP contribution in [0, 0.1) is 11.7 Å². The fraction of sp³-hybridized carbons (Fsp3) is 0.588. The van der Waals surface area contributed by atoms with E-state index in [2.05, 4.69) is 24.5 Å². The molecule has 4 heteroatoms. The molecule has 1 aromatic rings. The summed E-state index contributed by atoms with van der Waals surface area (Å²) in [5.74, 6) is 0.00981. The van der Waals surface area contributed by atoms with Gasteiger partial charge in [0.2, 0.25) is 0 Å². The summed E-state index contributed by atoms with van der Waals surface area (Å²) in [4.78, 5) is 12.3. The van der Waals surface area contributed by atoms with Gasteiger partial charge in [0, 0.05) is 12.6 Å². The maximum atomic E-state index is 13.9. The van der Waals surface area contributed by atoms with E-state index in [-0.39, 0.29) is 17.8 Å². The molecular weight excluding hydrogens is 267 g/mol. The van der Waals surface area contributed by atoms with Crippen molar-refractivity contribution in [1.82, 2.24) is 5.32 Å². The smallest absolute Gasteiger partial charge is 0.253 e. The van der Waals surface area contributed by atoms with E-state index in [0.29, 0.717) is 23.7 Å². The van der Waals surface area contributed by atoms with Crippen LogP contribution in [0.3, 0.4) is 0 Å². The highest BCUT2D eigenvalue weighted by atomic mass is 19.1. The highest BCUT2D eigenvalue weighted by Gasteiger charge is 2.16. The second-order valence-electron chi connectivity index (χ2n) is 5.93. The third-order valence-corrected chi connectivity index (χ3v) is 3.36. The van der Waals surface area contributed by atoms with E-state index in [4.69, 9.17) is 0 Å². The van der Waals surface area contributed by atoms with E-state index < -0.39 is 0 Å². The number of benzene rings is 1. The van der Waals surface area contributed by atoms with Gasteiger partial charge in [-0.25, -0.2) is 4.39 Å². The van der Waals surface area contributed by atoms with Crippen LogP contribution in [0.2, 0.25) is 0 Å². The van der Waals surface area contributed by atoms with Gasteiger partial charge >= 0.3 is 0 Å². The summed E-state index contributed by atoms with van der Waals surface area (Å²) in [6.45, 7) is 8.95. The Kier molecular flexibility index (Phi) is 7.20. The SMILES string of the molecule is CCCNc1c(F)cccc1C(=O)NC(C)CCC(C)C. The Hall–Kier alpha value is -1.58. The minimum atomic E-state index is -0.383. The van der Waals surface area contributed by atoms with Crippen LogP contribution in [-0.4, -0.2) is 18.5 Å². The average molecular weight is 294 g/mol. The third-order valence-electron chi connectivity index (χ3n) is 3.36. The van der Waals surface area contributed by atoms with E-state index >= 15 is 0 Å². The molecule has 118 valence electrons. The Morgan fingerprint density at radius 2 is 1.95 bits per heavy atom. The number of hydrogen-bond acceptors (Lipinski definition) is 2. The van der Waals surface area contributed by atoms with Crippen LogP contribution in [0.25, 0.3) is 0 Å². The molecule has 0 bridgehead atoms. The number of anilines is 1. The van der Waals surface area contributed by atoms with Crippen LogP contribution >= 0.6 is 0 Å². The lowest BCUT2D eigenvalue weighted by Crippen LogP contribution is -2.33. The molecule has 1 aromatic carbocycles. The summed E-state index contributed by atoms with van der Waals surface area (Å²) in [5, 5.41) is 5.95. The van der Waals surface area contributed by atoms with E-state index in [0.717, 1.165) is 19.3 Å². The first-order chi connectivity index (χ1) is 9.95. The van der Waals surface area contributed by atoms with Gasteiger partial charge in [-0.3, -0.25) is 4.79 Å². The molecule has 0 aromatic heterocycles. The minimum Gasteiger partial charge on any atom is -0.382 e. The molecule has 1 atom stereocenters. The van der Waals surface area contributed by atoms with Crippen LogP contribution in [0.5, 0.6) is 0 Å².